The van der Waals surface area contributed by atoms with Crippen LogP contribution in [-0.2, 0) is 5.33 Å². The molecule has 1 nitrogen and oxygen atoms in total. The summed E-state index contributed by atoms with van der Waals surface area (Å²) in [4.78, 5) is 0. The first-order valence-electron chi connectivity index (χ1n) is 6.73. The lowest BCUT2D eigenvalue weighted by molar-refractivity contribution is 0.194. The van der Waals surface area contributed by atoms with Crippen LogP contribution in [0.25, 0.3) is 0 Å². The van der Waals surface area contributed by atoms with Crippen molar-refractivity contribution in [1.29, 1.82) is 0 Å². The molecule has 0 N–H and O–H groups in total. The van der Waals surface area contributed by atoms with Gasteiger partial charge in [0.25, 0.3) is 0 Å². The zero-order valence-corrected chi connectivity index (χ0v) is 12.7. The predicted octanol–water partition coefficient (Wildman–Crippen LogP) is 5.05. The van der Waals surface area contributed by atoms with Crippen molar-refractivity contribution in [3.63, 3.8) is 0 Å². The summed E-state index contributed by atoms with van der Waals surface area (Å²) in [6, 6.07) is 5.88. The van der Waals surface area contributed by atoms with E-state index < -0.39 is 0 Å². The van der Waals surface area contributed by atoms with E-state index in [-0.39, 0.29) is 0 Å². The van der Waals surface area contributed by atoms with Gasteiger partial charge in [-0.05, 0) is 55.2 Å². The summed E-state index contributed by atoms with van der Waals surface area (Å²) >= 11 is 9.49. The molecule has 0 amide bonds. The Morgan fingerprint density at radius 1 is 1.28 bits per heavy atom. The molecule has 0 heterocycles. The molecule has 0 aromatic heterocycles. The molecule has 2 fully saturated rings. The Balaban J connectivity index is 1.63. The van der Waals surface area contributed by atoms with E-state index in [0.29, 0.717) is 0 Å². The van der Waals surface area contributed by atoms with Gasteiger partial charge in [0.1, 0.15) is 5.75 Å². The molecule has 0 radical (unpaired) electrons. The van der Waals surface area contributed by atoms with Gasteiger partial charge in [-0.2, -0.15) is 0 Å². The molecule has 2 saturated carbocycles. The van der Waals surface area contributed by atoms with Gasteiger partial charge < -0.3 is 4.74 Å². The van der Waals surface area contributed by atoms with Crippen molar-refractivity contribution in [3.8, 4) is 5.75 Å². The number of ether oxygens (including phenoxy) is 1. The van der Waals surface area contributed by atoms with Crippen LogP contribution in [0.15, 0.2) is 18.2 Å². The highest BCUT2D eigenvalue weighted by Crippen LogP contribution is 2.48. The summed E-state index contributed by atoms with van der Waals surface area (Å²) in [5.74, 6) is 3.68. The van der Waals surface area contributed by atoms with E-state index in [2.05, 4.69) is 15.9 Å². The molecule has 98 valence electrons. The third-order valence-corrected chi connectivity index (χ3v) is 5.34. The smallest absolute Gasteiger partial charge is 0.123 e. The summed E-state index contributed by atoms with van der Waals surface area (Å²) in [5, 5.41) is 1.57. The number of halogens is 2. The number of alkyl halides is 1. The van der Waals surface area contributed by atoms with Crippen molar-refractivity contribution in [2.75, 3.05) is 6.61 Å². The van der Waals surface area contributed by atoms with Crippen LogP contribution < -0.4 is 4.74 Å². The van der Waals surface area contributed by atoms with Crippen LogP contribution in [0.5, 0.6) is 5.75 Å². The average Bonchev–Trinajstić information content (AvgIpc) is 2.99. The van der Waals surface area contributed by atoms with Gasteiger partial charge in [0.2, 0.25) is 0 Å². The molecule has 0 aliphatic heterocycles. The van der Waals surface area contributed by atoms with Crippen molar-refractivity contribution in [2.45, 2.75) is 31.0 Å². The maximum atomic E-state index is 6.03. The van der Waals surface area contributed by atoms with E-state index >= 15 is 0 Å². The topological polar surface area (TPSA) is 9.23 Å². The molecule has 3 rings (SSSR count). The molecule has 18 heavy (non-hydrogen) atoms. The van der Waals surface area contributed by atoms with Crippen LogP contribution in [0.1, 0.15) is 31.2 Å². The lowest BCUT2D eigenvalue weighted by atomic mass is 9.89. The van der Waals surface area contributed by atoms with Gasteiger partial charge >= 0.3 is 0 Å². The quantitative estimate of drug-likeness (QED) is 0.702. The molecule has 2 bridgehead atoms. The van der Waals surface area contributed by atoms with Crippen LogP contribution in [0.3, 0.4) is 0 Å². The Hall–Kier alpha value is -0.210. The average molecular weight is 330 g/mol. The van der Waals surface area contributed by atoms with Gasteiger partial charge in [0.15, 0.2) is 0 Å². The second kappa shape index (κ2) is 5.42. The van der Waals surface area contributed by atoms with E-state index in [4.69, 9.17) is 16.3 Å². The first-order chi connectivity index (χ1) is 8.76. The van der Waals surface area contributed by atoms with Crippen molar-refractivity contribution < 1.29 is 4.74 Å². The molecular weight excluding hydrogens is 312 g/mol. The maximum Gasteiger partial charge on any atom is 0.123 e. The predicted molar refractivity (Wildman–Crippen MR) is 78.5 cm³/mol. The Morgan fingerprint density at radius 3 is 2.83 bits per heavy atom. The lowest BCUT2D eigenvalue weighted by Crippen LogP contribution is -2.18. The number of fused-ring (bicyclic) bond motifs is 2. The molecular formula is C15H18BrClO. The Labute approximate surface area is 122 Å². The summed E-state index contributed by atoms with van der Waals surface area (Å²) < 4.78 is 6.03. The van der Waals surface area contributed by atoms with Crippen LogP contribution in [0.2, 0.25) is 5.02 Å². The van der Waals surface area contributed by atoms with Gasteiger partial charge in [-0.3, -0.25) is 0 Å². The van der Waals surface area contributed by atoms with Crippen LogP contribution >= 0.6 is 27.5 Å². The molecule has 2 aliphatic rings. The Kier molecular flexibility index (Phi) is 3.86. The van der Waals surface area contributed by atoms with Crippen molar-refractivity contribution in [3.05, 3.63) is 28.8 Å². The Morgan fingerprint density at radius 2 is 2.17 bits per heavy atom. The second-order valence-corrected chi connectivity index (χ2v) is 6.63. The highest BCUT2D eigenvalue weighted by molar-refractivity contribution is 9.08. The fourth-order valence-corrected chi connectivity index (χ4v) is 4.20. The standard InChI is InChI=1S/C15H18BrClO/c16-8-12-7-14(17)3-4-15(12)18-9-13-6-10-1-2-11(13)5-10/h3-4,7,10-11,13H,1-2,5-6,8-9H2. The molecule has 1 aromatic carbocycles. The summed E-state index contributed by atoms with van der Waals surface area (Å²) in [6.45, 7) is 0.878. The van der Waals surface area contributed by atoms with Gasteiger partial charge in [-0.1, -0.05) is 34.0 Å². The molecule has 0 spiro atoms. The normalized spacial score (nSPS) is 29.8. The van der Waals surface area contributed by atoms with Crippen LogP contribution in [0, 0.1) is 17.8 Å². The fraction of sp³-hybridized carbons (Fsp3) is 0.600. The molecule has 3 unspecified atom stereocenters. The fourth-order valence-electron chi connectivity index (χ4n) is 3.57. The molecule has 1 aromatic rings. The Bertz CT molecular complexity index is 435. The van der Waals surface area contributed by atoms with Gasteiger partial charge in [0.05, 0.1) is 6.61 Å². The molecule has 3 atom stereocenters. The van der Waals surface area contributed by atoms with Crippen LogP contribution in [-0.4, -0.2) is 6.61 Å². The lowest BCUT2D eigenvalue weighted by Gasteiger charge is -2.22. The van der Waals surface area contributed by atoms with Crippen LogP contribution in [0.4, 0.5) is 0 Å². The minimum absolute atomic E-state index is 0.775. The number of benzene rings is 1. The minimum atomic E-state index is 0.775. The zero-order valence-electron chi connectivity index (χ0n) is 10.4. The van der Waals surface area contributed by atoms with Gasteiger partial charge in [-0.25, -0.2) is 0 Å². The first-order valence-corrected chi connectivity index (χ1v) is 8.23. The highest BCUT2D eigenvalue weighted by atomic mass is 79.9. The third kappa shape index (κ3) is 2.55. The first kappa shape index (κ1) is 12.8. The van der Waals surface area contributed by atoms with Gasteiger partial charge in [0, 0.05) is 15.9 Å². The van der Waals surface area contributed by atoms with E-state index in [0.717, 1.165) is 46.0 Å². The molecule has 3 heteroatoms. The van der Waals surface area contributed by atoms with E-state index in [9.17, 15) is 0 Å². The van der Waals surface area contributed by atoms with Crippen molar-refractivity contribution in [1.82, 2.24) is 0 Å². The summed E-state index contributed by atoms with van der Waals surface area (Å²) in [6.07, 6.45) is 5.70. The number of rotatable bonds is 4. The summed E-state index contributed by atoms with van der Waals surface area (Å²) in [7, 11) is 0. The summed E-state index contributed by atoms with van der Waals surface area (Å²) in [5.41, 5.74) is 1.14. The van der Waals surface area contributed by atoms with E-state index in [1.54, 1.807) is 0 Å². The number of hydrogen-bond donors (Lipinski definition) is 0. The molecule has 2 aliphatic carbocycles. The number of hydrogen-bond acceptors (Lipinski definition) is 1. The zero-order chi connectivity index (χ0) is 12.5. The monoisotopic (exact) mass is 328 g/mol. The van der Waals surface area contributed by atoms with Crippen molar-refractivity contribution >= 4 is 27.5 Å². The van der Waals surface area contributed by atoms with E-state index in [1.165, 1.54) is 25.7 Å². The molecule has 0 saturated heterocycles. The minimum Gasteiger partial charge on any atom is -0.493 e. The third-order valence-electron chi connectivity index (χ3n) is 4.50. The second-order valence-electron chi connectivity index (χ2n) is 5.63. The van der Waals surface area contributed by atoms with Crippen molar-refractivity contribution in [2.24, 2.45) is 17.8 Å². The highest BCUT2D eigenvalue weighted by Gasteiger charge is 2.39. The SMILES string of the molecule is Clc1ccc(OCC2CC3CCC2C3)c(CBr)c1. The van der Waals surface area contributed by atoms with E-state index in [1.807, 2.05) is 18.2 Å². The largest absolute Gasteiger partial charge is 0.493 e. The maximum absolute atomic E-state index is 6.03. The van der Waals surface area contributed by atoms with Gasteiger partial charge in [-0.15, -0.1) is 0 Å².